The zero-order valence-electron chi connectivity index (χ0n) is 20.2. The molecule has 38 heavy (non-hydrogen) atoms. The molecule has 3 heterocycles. The molecular formula is C28H24N6O4. The van der Waals surface area contributed by atoms with Crippen LogP contribution in [0.5, 0.6) is 0 Å². The van der Waals surface area contributed by atoms with Gasteiger partial charge >= 0.3 is 0 Å². The first-order valence-corrected chi connectivity index (χ1v) is 12.4. The van der Waals surface area contributed by atoms with Crippen LogP contribution in [-0.2, 0) is 11.2 Å². The lowest BCUT2D eigenvalue weighted by atomic mass is 9.82. The lowest BCUT2D eigenvalue weighted by molar-refractivity contribution is -0.0432. The van der Waals surface area contributed by atoms with Gasteiger partial charge in [-0.2, -0.15) is 0 Å². The van der Waals surface area contributed by atoms with E-state index in [0.29, 0.717) is 46.8 Å². The van der Waals surface area contributed by atoms with Crippen LogP contribution in [0.1, 0.15) is 39.7 Å². The normalized spacial score (nSPS) is 20.6. The molecule has 1 aliphatic carbocycles. The van der Waals surface area contributed by atoms with E-state index >= 15 is 0 Å². The molecule has 5 aromatic rings. The van der Waals surface area contributed by atoms with Crippen molar-refractivity contribution < 1.29 is 19.7 Å². The van der Waals surface area contributed by atoms with E-state index < -0.39 is 18.4 Å². The highest BCUT2D eigenvalue weighted by molar-refractivity contribution is 6.20. The fourth-order valence-corrected chi connectivity index (χ4v) is 5.53. The van der Waals surface area contributed by atoms with Gasteiger partial charge in [0.2, 0.25) is 0 Å². The Labute approximate surface area is 216 Å². The molecule has 10 nitrogen and oxygen atoms in total. The summed E-state index contributed by atoms with van der Waals surface area (Å²) >= 11 is 0. The van der Waals surface area contributed by atoms with Crippen LogP contribution in [0.4, 0.5) is 17.2 Å². The number of anilines is 3. The highest BCUT2D eigenvalue weighted by atomic mass is 16.5. The van der Waals surface area contributed by atoms with Gasteiger partial charge in [-0.15, -0.1) is 0 Å². The number of rotatable bonds is 4. The van der Waals surface area contributed by atoms with E-state index in [4.69, 9.17) is 10.5 Å². The molecule has 0 amide bonds. The molecule has 0 unspecified atom stereocenters. The molecule has 0 radical (unpaired) electrons. The average molecular weight is 509 g/mol. The SMILES string of the molecule is Nc1cc2ccc3c(c2cc1Nc1ncnc2c1ncn2[C@H]1C[C@H](O)[C@@H](CO)O1)C(=O)c1ccccc1C3. The van der Waals surface area contributed by atoms with Gasteiger partial charge in [0, 0.05) is 17.5 Å². The predicted octanol–water partition coefficient (Wildman–Crippen LogP) is 3.08. The number of aromatic nitrogens is 4. The van der Waals surface area contributed by atoms with Gasteiger partial charge < -0.3 is 26.0 Å². The number of hydrogen-bond donors (Lipinski definition) is 4. The number of carbonyl (C=O) groups is 1. The van der Waals surface area contributed by atoms with E-state index in [1.54, 1.807) is 10.9 Å². The number of fused-ring (bicyclic) bond motifs is 5. The first-order valence-electron chi connectivity index (χ1n) is 12.4. The third-order valence-corrected chi connectivity index (χ3v) is 7.45. The second-order valence-electron chi connectivity index (χ2n) is 9.71. The van der Waals surface area contributed by atoms with Gasteiger partial charge in [-0.05, 0) is 40.5 Å². The molecule has 7 rings (SSSR count). The van der Waals surface area contributed by atoms with E-state index in [1.807, 2.05) is 48.5 Å². The van der Waals surface area contributed by atoms with Crippen LogP contribution >= 0.6 is 0 Å². The van der Waals surface area contributed by atoms with Crippen LogP contribution in [-0.4, -0.2) is 54.3 Å². The van der Waals surface area contributed by atoms with Crippen molar-refractivity contribution >= 4 is 44.9 Å². The predicted molar refractivity (Wildman–Crippen MR) is 141 cm³/mol. The molecule has 1 saturated heterocycles. The van der Waals surface area contributed by atoms with Crippen LogP contribution < -0.4 is 11.1 Å². The molecule has 0 spiro atoms. The van der Waals surface area contributed by atoms with Gasteiger partial charge in [-0.25, -0.2) is 15.0 Å². The largest absolute Gasteiger partial charge is 0.397 e. The molecule has 3 aromatic carbocycles. The van der Waals surface area contributed by atoms with Gasteiger partial charge in [0.15, 0.2) is 22.8 Å². The van der Waals surface area contributed by atoms with E-state index in [9.17, 15) is 15.0 Å². The van der Waals surface area contributed by atoms with Crippen molar-refractivity contribution in [1.82, 2.24) is 19.5 Å². The molecule has 1 fully saturated rings. The fraction of sp³-hybridized carbons (Fsp3) is 0.214. The van der Waals surface area contributed by atoms with Crippen molar-refractivity contribution in [1.29, 1.82) is 0 Å². The number of ketones is 1. The number of nitrogens with two attached hydrogens (primary N) is 1. The minimum Gasteiger partial charge on any atom is -0.397 e. The summed E-state index contributed by atoms with van der Waals surface area (Å²) in [5, 5.41) is 24.6. The minimum absolute atomic E-state index is 0.00581. The van der Waals surface area contributed by atoms with Crippen molar-refractivity contribution in [3.63, 3.8) is 0 Å². The summed E-state index contributed by atoms with van der Waals surface area (Å²) < 4.78 is 7.50. The van der Waals surface area contributed by atoms with E-state index in [2.05, 4.69) is 20.3 Å². The second kappa shape index (κ2) is 8.59. The van der Waals surface area contributed by atoms with Crippen molar-refractivity contribution in [2.24, 2.45) is 0 Å². The molecular weight excluding hydrogens is 484 g/mol. The van der Waals surface area contributed by atoms with Crippen LogP contribution in [0.3, 0.4) is 0 Å². The Morgan fingerprint density at radius 1 is 1.11 bits per heavy atom. The maximum absolute atomic E-state index is 13.5. The Balaban J connectivity index is 1.28. The third-order valence-electron chi connectivity index (χ3n) is 7.45. The standard InChI is InChI=1S/C28H24N6O4/c29-19-8-15-5-6-16-7-14-3-1-2-4-17(14)26(37)24(16)18(15)9-20(19)33-27-25-28(31-12-30-27)34(13-32-25)23-10-21(36)22(11-35)38-23/h1-6,8-9,12-13,21-23,35-36H,7,10-11,29H2,(H,30,31,33)/t21-,22+,23+/m0/s1. The number of nitrogens with one attached hydrogen (secondary N) is 1. The quantitative estimate of drug-likeness (QED) is 0.264. The van der Waals surface area contributed by atoms with Crippen LogP contribution in [0.15, 0.2) is 61.2 Å². The number of nitrogens with zero attached hydrogens (tertiary/aromatic N) is 4. The molecule has 10 heteroatoms. The molecule has 2 aliphatic rings. The van der Waals surface area contributed by atoms with Gasteiger partial charge in [-0.1, -0.05) is 36.4 Å². The number of benzene rings is 3. The zero-order chi connectivity index (χ0) is 26.0. The highest BCUT2D eigenvalue weighted by Crippen LogP contribution is 2.37. The Morgan fingerprint density at radius 2 is 1.97 bits per heavy atom. The molecule has 5 N–H and O–H groups in total. The summed E-state index contributed by atoms with van der Waals surface area (Å²) in [5.74, 6) is 0.449. The van der Waals surface area contributed by atoms with E-state index in [-0.39, 0.29) is 12.4 Å². The summed E-state index contributed by atoms with van der Waals surface area (Å²) in [5.41, 5.74) is 12.0. The topological polar surface area (TPSA) is 148 Å². The van der Waals surface area contributed by atoms with Crippen molar-refractivity contribution in [3.8, 4) is 0 Å². The molecule has 2 aromatic heterocycles. The van der Waals surface area contributed by atoms with E-state index in [1.165, 1.54) is 6.33 Å². The van der Waals surface area contributed by atoms with Crippen LogP contribution in [0.2, 0.25) is 0 Å². The average Bonchev–Trinajstić information content (AvgIpc) is 3.52. The van der Waals surface area contributed by atoms with Crippen LogP contribution in [0.25, 0.3) is 21.9 Å². The molecule has 0 saturated carbocycles. The first kappa shape index (κ1) is 22.8. The number of carbonyl (C=O) groups excluding carboxylic acids is 1. The number of aliphatic hydroxyl groups is 2. The number of ether oxygens (including phenoxy) is 1. The van der Waals surface area contributed by atoms with Crippen molar-refractivity contribution in [2.75, 3.05) is 17.7 Å². The molecule has 0 bridgehead atoms. The maximum atomic E-state index is 13.5. The Kier molecular flexibility index (Phi) is 5.15. The fourth-order valence-electron chi connectivity index (χ4n) is 5.53. The summed E-state index contributed by atoms with van der Waals surface area (Å²) in [4.78, 5) is 26.8. The van der Waals surface area contributed by atoms with Crippen molar-refractivity contribution in [2.45, 2.75) is 31.3 Å². The zero-order valence-corrected chi connectivity index (χ0v) is 20.2. The summed E-state index contributed by atoms with van der Waals surface area (Å²) in [6, 6.07) is 15.5. The molecule has 3 atom stereocenters. The Morgan fingerprint density at radius 3 is 2.82 bits per heavy atom. The second-order valence-corrected chi connectivity index (χ2v) is 9.71. The van der Waals surface area contributed by atoms with Crippen LogP contribution in [0, 0.1) is 0 Å². The number of aliphatic hydroxyl groups excluding tert-OH is 2. The lowest BCUT2D eigenvalue weighted by Crippen LogP contribution is -2.24. The third kappa shape index (κ3) is 3.46. The smallest absolute Gasteiger partial charge is 0.194 e. The summed E-state index contributed by atoms with van der Waals surface area (Å²) in [7, 11) is 0. The van der Waals surface area contributed by atoms with E-state index in [0.717, 1.165) is 27.5 Å². The number of hydrogen-bond acceptors (Lipinski definition) is 9. The maximum Gasteiger partial charge on any atom is 0.194 e. The first-order chi connectivity index (χ1) is 18.5. The van der Waals surface area contributed by atoms with Gasteiger partial charge in [-0.3, -0.25) is 9.36 Å². The molecule has 190 valence electrons. The van der Waals surface area contributed by atoms with Gasteiger partial charge in [0.1, 0.15) is 18.7 Å². The Bertz CT molecular complexity index is 1750. The summed E-state index contributed by atoms with van der Waals surface area (Å²) in [6.07, 6.45) is 2.05. The number of nitrogen functional groups attached to an aromatic ring is 1. The highest BCUT2D eigenvalue weighted by Gasteiger charge is 2.35. The van der Waals surface area contributed by atoms with Gasteiger partial charge in [0.05, 0.1) is 30.4 Å². The van der Waals surface area contributed by atoms with Gasteiger partial charge in [0.25, 0.3) is 0 Å². The monoisotopic (exact) mass is 508 g/mol. The lowest BCUT2D eigenvalue weighted by Gasteiger charge is -2.21. The Hall–Kier alpha value is -4.38. The minimum atomic E-state index is -0.778. The molecule has 1 aliphatic heterocycles. The number of imidazole rings is 1. The van der Waals surface area contributed by atoms with Crippen molar-refractivity contribution in [3.05, 3.63) is 83.4 Å². The summed E-state index contributed by atoms with van der Waals surface area (Å²) in [6.45, 7) is -0.273.